The van der Waals surface area contributed by atoms with E-state index in [9.17, 15) is 9.90 Å². The van der Waals surface area contributed by atoms with Crippen molar-refractivity contribution in [2.75, 3.05) is 32.8 Å². The Labute approximate surface area is 184 Å². The van der Waals surface area contributed by atoms with Gasteiger partial charge in [0.05, 0.1) is 6.04 Å². The largest absolute Gasteiger partial charge is 0.486 e. The molecule has 2 aliphatic rings. The minimum absolute atomic E-state index is 0. The van der Waals surface area contributed by atoms with E-state index in [1.165, 1.54) is 0 Å². The van der Waals surface area contributed by atoms with Crippen LogP contribution in [0.2, 0.25) is 0 Å². The van der Waals surface area contributed by atoms with Gasteiger partial charge in [0.2, 0.25) is 5.91 Å². The molecule has 1 amide bonds. The molecule has 31 heavy (non-hydrogen) atoms. The number of ether oxygens (including phenoxy) is 2. The summed E-state index contributed by atoms with van der Waals surface area (Å²) in [4.78, 5) is 14.9. The number of nitrogens with one attached hydrogen (secondary N) is 1. The molecule has 0 radical (unpaired) electrons. The van der Waals surface area contributed by atoms with Crippen LogP contribution in [-0.2, 0) is 11.3 Å². The van der Waals surface area contributed by atoms with Gasteiger partial charge in [-0.05, 0) is 56.1 Å². The number of likely N-dealkylation sites (tertiary alicyclic amines) is 1. The standard InChI is InChI=1S/C22H30N4O4.CH4/c27-21(5-3-11-26-12-4-8-23-26)24-18(16-25-9-1-2-10-25)22(28)17-6-7-19-20(15-17)30-14-13-29-19;/h4,6-8,12,15,18,22,28H,1-3,5,9-11,13-14,16H2,(H,24,27);1H4/t18-,22-;/m1./s1. The second-order valence-corrected chi connectivity index (χ2v) is 7.90. The van der Waals surface area contributed by atoms with Gasteiger partial charge in [-0.1, -0.05) is 13.5 Å². The maximum atomic E-state index is 12.6. The van der Waals surface area contributed by atoms with Crippen LogP contribution in [0, 0.1) is 0 Å². The van der Waals surface area contributed by atoms with Gasteiger partial charge in [0.15, 0.2) is 11.5 Å². The van der Waals surface area contributed by atoms with Gasteiger partial charge < -0.3 is 24.8 Å². The average molecular weight is 431 g/mol. The number of rotatable bonds is 9. The lowest BCUT2D eigenvalue weighted by atomic mass is 10.0. The number of aromatic nitrogens is 2. The van der Waals surface area contributed by atoms with Crippen LogP contribution in [0.1, 0.15) is 44.8 Å². The van der Waals surface area contributed by atoms with Gasteiger partial charge in [-0.2, -0.15) is 5.10 Å². The van der Waals surface area contributed by atoms with Crippen LogP contribution in [0.3, 0.4) is 0 Å². The lowest BCUT2D eigenvalue weighted by Crippen LogP contribution is -2.46. The van der Waals surface area contributed by atoms with Crippen molar-refractivity contribution in [2.45, 2.75) is 51.8 Å². The van der Waals surface area contributed by atoms with E-state index in [4.69, 9.17) is 9.47 Å². The molecule has 2 aromatic rings. The summed E-state index contributed by atoms with van der Waals surface area (Å²) in [7, 11) is 0. The zero-order valence-corrected chi connectivity index (χ0v) is 17.2. The predicted molar refractivity (Wildman–Crippen MR) is 118 cm³/mol. The number of hydrogen-bond acceptors (Lipinski definition) is 6. The highest BCUT2D eigenvalue weighted by Crippen LogP contribution is 2.33. The molecule has 4 rings (SSSR count). The Bertz CT molecular complexity index is 821. The Balaban J connectivity index is 0.00000272. The smallest absolute Gasteiger partial charge is 0.220 e. The molecular formula is C23H34N4O4. The number of fused-ring (bicyclic) bond motifs is 1. The number of benzene rings is 1. The Morgan fingerprint density at radius 3 is 2.71 bits per heavy atom. The van der Waals surface area contributed by atoms with E-state index in [1.807, 2.05) is 35.1 Å². The number of aryl methyl sites for hydroxylation is 1. The summed E-state index contributed by atoms with van der Waals surface area (Å²) in [5.41, 5.74) is 0.722. The minimum Gasteiger partial charge on any atom is -0.486 e. The van der Waals surface area contributed by atoms with E-state index >= 15 is 0 Å². The van der Waals surface area contributed by atoms with Crippen molar-refractivity contribution in [1.82, 2.24) is 20.0 Å². The Morgan fingerprint density at radius 1 is 1.19 bits per heavy atom. The average Bonchev–Trinajstić information content (AvgIpc) is 3.47. The summed E-state index contributed by atoms with van der Waals surface area (Å²) >= 11 is 0. The predicted octanol–water partition coefficient (Wildman–Crippen LogP) is 2.38. The number of nitrogens with zero attached hydrogens (tertiary/aromatic N) is 3. The summed E-state index contributed by atoms with van der Waals surface area (Å²) in [6.45, 7) is 4.35. The van der Waals surface area contributed by atoms with E-state index in [-0.39, 0.29) is 19.4 Å². The maximum absolute atomic E-state index is 12.6. The third kappa shape index (κ3) is 6.21. The molecule has 0 bridgehead atoms. The van der Waals surface area contributed by atoms with Crippen LogP contribution in [0.4, 0.5) is 0 Å². The van der Waals surface area contributed by atoms with Crippen molar-refractivity contribution in [3.63, 3.8) is 0 Å². The third-order valence-electron chi connectivity index (χ3n) is 5.64. The van der Waals surface area contributed by atoms with E-state index in [1.54, 1.807) is 6.20 Å². The Hall–Kier alpha value is -2.58. The number of carbonyl (C=O) groups excluding carboxylic acids is 1. The minimum atomic E-state index is -0.823. The van der Waals surface area contributed by atoms with Crippen LogP contribution < -0.4 is 14.8 Å². The summed E-state index contributed by atoms with van der Waals surface area (Å²) in [6, 6.07) is 6.98. The summed E-state index contributed by atoms with van der Waals surface area (Å²) in [5.74, 6) is 1.28. The molecule has 1 aromatic heterocycles. The molecular weight excluding hydrogens is 396 g/mol. The Morgan fingerprint density at radius 2 is 1.97 bits per heavy atom. The number of aliphatic hydroxyl groups excluding tert-OH is 1. The molecule has 3 heterocycles. The van der Waals surface area contributed by atoms with Crippen LogP contribution in [0.25, 0.3) is 0 Å². The fraction of sp³-hybridized carbons (Fsp3) is 0.565. The number of amides is 1. The van der Waals surface area contributed by atoms with Crippen LogP contribution in [0.15, 0.2) is 36.7 Å². The van der Waals surface area contributed by atoms with Crippen LogP contribution in [0.5, 0.6) is 11.5 Å². The lowest BCUT2D eigenvalue weighted by Gasteiger charge is -2.29. The molecule has 2 aliphatic heterocycles. The molecule has 1 aromatic carbocycles. The monoisotopic (exact) mass is 430 g/mol. The normalized spacial score (nSPS) is 17.6. The van der Waals surface area contributed by atoms with Crippen molar-refractivity contribution in [2.24, 2.45) is 0 Å². The highest BCUT2D eigenvalue weighted by atomic mass is 16.6. The molecule has 170 valence electrons. The van der Waals surface area contributed by atoms with Gasteiger partial charge in [0.1, 0.15) is 19.3 Å². The van der Waals surface area contributed by atoms with Gasteiger partial charge in [-0.25, -0.2) is 0 Å². The van der Waals surface area contributed by atoms with Crippen molar-refractivity contribution >= 4 is 5.91 Å². The second kappa shape index (κ2) is 11.2. The molecule has 1 fully saturated rings. The number of hydrogen-bond donors (Lipinski definition) is 2. The van der Waals surface area contributed by atoms with E-state index < -0.39 is 6.10 Å². The van der Waals surface area contributed by atoms with Gasteiger partial charge >= 0.3 is 0 Å². The van der Waals surface area contributed by atoms with Gasteiger partial charge in [0, 0.05) is 31.9 Å². The number of carbonyl (C=O) groups is 1. The third-order valence-corrected chi connectivity index (χ3v) is 5.64. The van der Waals surface area contributed by atoms with Crippen LogP contribution >= 0.6 is 0 Å². The fourth-order valence-electron chi connectivity index (χ4n) is 4.06. The van der Waals surface area contributed by atoms with Crippen molar-refractivity contribution in [1.29, 1.82) is 0 Å². The van der Waals surface area contributed by atoms with Gasteiger partial charge in [-0.15, -0.1) is 0 Å². The number of aliphatic hydroxyl groups is 1. The molecule has 0 unspecified atom stereocenters. The molecule has 1 saturated heterocycles. The quantitative estimate of drug-likeness (QED) is 0.635. The Kier molecular flexibility index (Phi) is 8.31. The first-order valence-electron chi connectivity index (χ1n) is 10.8. The maximum Gasteiger partial charge on any atom is 0.220 e. The van der Waals surface area contributed by atoms with Crippen molar-refractivity contribution < 1.29 is 19.4 Å². The highest BCUT2D eigenvalue weighted by molar-refractivity contribution is 5.76. The lowest BCUT2D eigenvalue weighted by molar-refractivity contribution is -0.123. The molecule has 8 nitrogen and oxygen atoms in total. The van der Waals surface area contributed by atoms with Crippen molar-refractivity contribution in [3.8, 4) is 11.5 Å². The SMILES string of the molecule is C.O=C(CCCn1cccn1)N[C@H](CN1CCCC1)[C@H](O)c1ccc2c(c1)OCCO2. The van der Waals surface area contributed by atoms with E-state index in [2.05, 4.69) is 15.3 Å². The zero-order valence-electron chi connectivity index (χ0n) is 17.2. The van der Waals surface area contributed by atoms with Gasteiger partial charge in [-0.3, -0.25) is 9.48 Å². The summed E-state index contributed by atoms with van der Waals surface area (Å²) < 4.78 is 13.0. The molecule has 0 spiro atoms. The topological polar surface area (TPSA) is 88.9 Å². The molecule has 2 N–H and O–H groups in total. The molecule has 2 atom stereocenters. The first kappa shape index (κ1) is 23.1. The zero-order chi connectivity index (χ0) is 20.8. The second-order valence-electron chi connectivity index (χ2n) is 7.90. The summed E-state index contributed by atoms with van der Waals surface area (Å²) in [5, 5.41) is 18.3. The fourth-order valence-corrected chi connectivity index (χ4v) is 4.06. The van der Waals surface area contributed by atoms with Gasteiger partial charge in [0.25, 0.3) is 0 Å². The first-order valence-corrected chi connectivity index (χ1v) is 10.8. The highest BCUT2D eigenvalue weighted by Gasteiger charge is 2.27. The van der Waals surface area contributed by atoms with Crippen molar-refractivity contribution in [3.05, 3.63) is 42.2 Å². The van der Waals surface area contributed by atoms with E-state index in [0.717, 1.165) is 31.5 Å². The van der Waals surface area contributed by atoms with Crippen LogP contribution in [-0.4, -0.2) is 64.6 Å². The molecule has 0 aliphatic carbocycles. The summed E-state index contributed by atoms with van der Waals surface area (Å²) in [6.07, 6.45) is 6.20. The molecule has 8 heteroatoms. The van der Waals surface area contributed by atoms with E-state index in [0.29, 0.717) is 50.6 Å². The molecule has 0 saturated carbocycles. The first-order chi connectivity index (χ1) is 14.7.